The van der Waals surface area contributed by atoms with Crippen LogP contribution in [0.3, 0.4) is 0 Å². The number of fused-ring (bicyclic) bond motifs is 2. The second-order valence-corrected chi connectivity index (χ2v) is 16.6. The van der Waals surface area contributed by atoms with Gasteiger partial charge in [-0.1, -0.05) is 90.7 Å². The molecule has 0 aromatic carbocycles. The highest BCUT2D eigenvalue weighted by Crippen LogP contribution is 2.65. The predicted octanol–water partition coefficient (Wildman–Crippen LogP) is 8.10. The summed E-state index contributed by atoms with van der Waals surface area (Å²) in [7, 11) is -1.53. The molecule has 5 atom stereocenters. The predicted molar refractivity (Wildman–Crippen MR) is 133 cm³/mol. The van der Waals surface area contributed by atoms with Crippen LogP contribution in [-0.4, -0.2) is 8.07 Å². The molecule has 0 bridgehead atoms. The maximum atomic E-state index is 2.68. The molecule has 7 aliphatic rings. The summed E-state index contributed by atoms with van der Waals surface area (Å²) in [5, 5.41) is 2.00. The Hall–Kier alpha value is -1.34. The fraction of sp³-hybridized carbons (Fsp3) is 0.600. The summed E-state index contributed by atoms with van der Waals surface area (Å²) in [5.41, 5.74) is 7.95. The van der Waals surface area contributed by atoms with E-state index in [1.165, 1.54) is 44.9 Å². The Bertz CT molecular complexity index is 983. The van der Waals surface area contributed by atoms with Gasteiger partial charge in [0.2, 0.25) is 0 Å². The van der Waals surface area contributed by atoms with Crippen molar-refractivity contribution in [1.29, 1.82) is 0 Å². The normalized spacial score (nSPS) is 40.6. The molecule has 0 aromatic heterocycles. The van der Waals surface area contributed by atoms with E-state index in [1.54, 1.807) is 28.8 Å². The largest absolute Gasteiger partial charge is 0.0870 e. The molecule has 0 radical (unpaired) electrons. The Morgan fingerprint density at radius 2 is 1.61 bits per heavy atom. The van der Waals surface area contributed by atoms with Crippen LogP contribution in [0.15, 0.2) is 70.0 Å². The first-order valence-electron chi connectivity index (χ1n) is 13.4. The minimum atomic E-state index is -1.53. The van der Waals surface area contributed by atoms with Gasteiger partial charge in [0.25, 0.3) is 0 Å². The van der Waals surface area contributed by atoms with Crippen molar-refractivity contribution < 1.29 is 0 Å². The van der Waals surface area contributed by atoms with Crippen LogP contribution in [0.1, 0.15) is 58.8 Å². The minimum Gasteiger partial charge on any atom is -0.0808 e. The van der Waals surface area contributed by atoms with E-state index in [9.17, 15) is 0 Å². The third-order valence-electron chi connectivity index (χ3n) is 10.3. The summed E-state index contributed by atoms with van der Waals surface area (Å²) in [4.78, 5) is 0. The van der Waals surface area contributed by atoms with E-state index in [4.69, 9.17) is 0 Å². The van der Waals surface area contributed by atoms with E-state index >= 15 is 0 Å². The zero-order valence-electron chi connectivity index (χ0n) is 19.4. The molecule has 162 valence electrons. The lowest BCUT2D eigenvalue weighted by molar-refractivity contribution is 0.494. The summed E-state index contributed by atoms with van der Waals surface area (Å²) < 4.78 is 0. The fourth-order valence-corrected chi connectivity index (χ4v) is 16.6. The standard InChI is InChI=1S/C30H38Si/c1-19-17-27-23(21-11-12-21)7-5-9-25(27)29(19)31(15-3-4-16-31)30-20(2)18-28-24(22-13-14-22)8-6-10-26(28)30/h5-10,17,20-22,25-26,28,30H,3-4,11-16,18H2,1-2H3. The van der Waals surface area contributed by atoms with Crippen molar-refractivity contribution in [2.75, 3.05) is 0 Å². The van der Waals surface area contributed by atoms with Gasteiger partial charge in [-0.25, -0.2) is 0 Å². The van der Waals surface area contributed by atoms with Crippen molar-refractivity contribution in [3.63, 3.8) is 0 Å². The molecule has 3 saturated carbocycles. The van der Waals surface area contributed by atoms with E-state index in [-0.39, 0.29) is 0 Å². The Balaban J connectivity index is 1.28. The second-order valence-electron chi connectivity index (χ2n) is 12.1. The average molecular weight is 427 g/mol. The zero-order chi connectivity index (χ0) is 20.7. The Kier molecular flexibility index (Phi) is 4.22. The summed E-state index contributed by atoms with van der Waals surface area (Å²) in [6, 6.07) is 3.14. The molecule has 1 heterocycles. The molecule has 0 N–H and O–H groups in total. The van der Waals surface area contributed by atoms with Gasteiger partial charge in [-0.15, -0.1) is 0 Å². The van der Waals surface area contributed by atoms with Gasteiger partial charge >= 0.3 is 0 Å². The van der Waals surface area contributed by atoms with Crippen molar-refractivity contribution in [3.05, 3.63) is 70.0 Å². The number of hydrogen-bond acceptors (Lipinski definition) is 0. The van der Waals surface area contributed by atoms with Crippen molar-refractivity contribution in [2.24, 2.45) is 35.5 Å². The molecule has 0 spiro atoms. The van der Waals surface area contributed by atoms with Crippen LogP contribution in [0.4, 0.5) is 0 Å². The third-order valence-corrected chi connectivity index (χ3v) is 16.8. The van der Waals surface area contributed by atoms with Gasteiger partial charge in [-0.05, 0) is 85.3 Å². The molecule has 1 saturated heterocycles. The maximum Gasteiger partial charge on any atom is 0.0870 e. The van der Waals surface area contributed by atoms with Crippen LogP contribution in [0.5, 0.6) is 0 Å². The Morgan fingerprint density at radius 1 is 0.871 bits per heavy atom. The van der Waals surface area contributed by atoms with Gasteiger partial charge in [0, 0.05) is 5.92 Å². The molecule has 0 nitrogen and oxygen atoms in total. The van der Waals surface area contributed by atoms with Crippen LogP contribution in [0.25, 0.3) is 0 Å². The van der Waals surface area contributed by atoms with Crippen molar-refractivity contribution in [2.45, 2.75) is 76.4 Å². The second kappa shape index (κ2) is 6.83. The first-order chi connectivity index (χ1) is 15.2. The fourth-order valence-electron chi connectivity index (χ4n) is 9.02. The van der Waals surface area contributed by atoms with Gasteiger partial charge in [0.1, 0.15) is 0 Å². The van der Waals surface area contributed by atoms with Gasteiger partial charge < -0.3 is 0 Å². The summed E-state index contributed by atoms with van der Waals surface area (Å²) in [5.74, 6) is 5.08. The number of rotatable bonds is 4. The van der Waals surface area contributed by atoms with Crippen LogP contribution >= 0.6 is 0 Å². The Morgan fingerprint density at radius 3 is 2.35 bits per heavy atom. The van der Waals surface area contributed by atoms with Crippen molar-refractivity contribution >= 4 is 8.07 Å². The third kappa shape index (κ3) is 2.78. The van der Waals surface area contributed by atoms with Gasteiger partial charge in [-0.2, -0.15) is 0 Å². The smallest absolute Gasteiger partial charge is 0.0808 e. The highest BCUT2D eigenvalue weighted by Gasteiger charge is 2.58. The summed E-state index contributed by atoms with van der Waals surface area (Å²) in [6.07, 6.45) is 28.1. The van der Waals surface area contributed by atoms with E-state index < -0.39 is 8.07 Å². The lowest BCUT2D eigenvalue weighted by Crippen LogP contribution is -2.46. The van der Waals surface area contributed by atoms with Gasteiger partial charge in [0.15, 0.2) is 0 Å². The van der Waals surface area contributed by atoms with Gasteiger partial charge in [-0.3, -0.25) is 0 Å². The molecular weight excluding hydrogens is 388 g/mol. The van der Waals surface area contributed by atoms with E-state index in [2.05, 4.69) is 56.4 Å². The monoisotopic (exact) mass is 426 g/mol. The van der Waals surface area contributed by atoms with Crippen LogP contribution < -0.4 is 0 Å². The molecule has 7 rings (SSSR count). The molecule has 6 aliphatic carbocycles. The molecule has 4 fully saturated rings. The minimum absolute atomic E-state index is 0.641. The highest BCUT2D eigenvalue weighted by atomic mass is 28.3. The zero-order valence-corrected chi connectivity index (χ0v) is 20.4. The quantitative estimate of drug-likeness (QED) is 0.398. The lowest BCUT2D eigenvalue weighted by Gasteiger charge is -2.44. The molecule has 0 amide bonds. The molecule has 1 aliphatic heterocycles. The molecule has 5 unspecified atom stereocenters. The summed E-state index contributed by atoms with van der Waals surface area (Å²) >= 11 is 0. The first-order valence-corrected chi connectivity index (χ1v) is 15.9. The van der Waals surface area contributed by atoms with Crippen LogP contribution in [0, 0.1) is 35.5 Å². The summed E-state index contributed by atoms with van der Waals surface area (Å²) in [6.45, 7) is 5.15. The van der Waals surface area contributed by atoms with Crippen LogP contribution in [-0.2, 0) is 0 Å². The highest BCUT2D eigenvalue weighted by molar-refractivity contribution is 6.89. The lowest BCUT2D eigenvalue weighted by atomic mass is 9.82. The van der Waals surface area contributed by atoms with E-state index in [0.717, 1.165) is 35.1 Å². The molecule has 0 aromatic rings. The first kappa shape index (κ1) is 19.2. The van der Waals surface area contributed by atoms with Crippen LogP contribution in [0.2, 0.25) is 17.6 Å². The number of allylic oxidation sites excluding steroid dienone is 12. The van der Waals surface area contributed by atoms with E-state index in [1.807, 2.05) is 10.8 Å². The molecule has 31 heavy (non-hydrogen) atoms. The average Bonchev–Trinajstić information content (AvgIpc) is 3.67. The van der Waals surface area contributed by atoms with Crippen molar-refractivity contribution in [1.82, 2.24) is 0 Å². The maximum absolute atomic E-state index is 2.68. The van der Waals surface area contributed by atoms with E-state index in [0.29, 0.717) is 5.92 Å². The molecular formula is C30H38Si. The van der Waals surface area contributed by atoms with Crippen molar-refractivity contribution in [3.8, 4) is 0 Å². The SMILES string of the molecule is CC1=C([Si]2(C3C(C)CC4C(C5CC5)=CC=CC43)CCCC2)C2C=CC=C(C3CC3)C2=C1. The topological polar surface area (TPSA) is 0 Å². The number of hydrogen-bond donors (Lipinski definition) is 0. The molecule has 1 heteroatoms. The Labute approximate surface area is 190 Å². The van der Waals surface area contributed by atoms with Gasteiger partial charge in [0.05, 0.1) is 8.07 Å².